The Bertz CT molecular complexity index is 530. The van der Waals surface area contributed by atoms with Gasteiger partial charge in [-0.3, -0.25) is 0 Å². The summed E-state index contributed by atoms with van der Waals surface area (Å²) in [6.45, 7) is 6.53. The molecule has 0 aromatic heterocycles. The highest BCUT2D eigenvalue weighted by Gasteiger charge is 2.63. The zero-order chi connectivity index (χ0) is 17.4. The van der Waals surface area contributed by atoms with Crippen molar-refractivity contribution in [1.82, 2.24) is 10.2 Å². The van der Waals surface area contributed by atoms with Gasteiger partial charge >= 0.3 is 0 Å². The van der Waals surface area contributed by atoms with Crippen LogP contribution >= 0.6 is 0 Å². The SMILES string of the molecule is C[C@@H]1NC[C@]23CC[C@H]4[C@@H](CCC5C[C@@H](N(C)C)CC[C@@]54C)[C@@H]2CC[C@H]13. The highest BCUT2D eigenvalue weighted by Crippen LogP contribution is 2.68. The Morgan fingerprint density at radius 3 is 2.48 bits per heavy atom. The first-order valence-electron chi connectivity index (χ1n) is 11.4. The summed E-state index contributed by atoms with van der Waals surface area (Å²) in [5.74, 6) is 5.15. The van der Waals surface area contributed by atoms with Crippen molar-refractivity contribution in [2.75, 3.05) is 20.6 Å². The van der Waals surface area contributed by atoms with Gasteiger partial charge in [-0.05, 0) is 119 Å². The van der Waals surface area contributed by atoms with Gasteiger partial charge in [0.1, 0.15) is 0 Å². The van der Waals surface area contributed by atoms with E-state index in [0.717, 1.165) is 41.7 Å². The lowest BCUT2D eigenvalue weighted by Crippen LogP contribution is -2.55. The molecule has 1 saturated heterocycles. The molecule has 25 heavy (non-hydrogen) atoms. The lowest BCUT2D eigenvalue weighted by atomic mass is 9.44. The fourth-order valence-corrected chi connectivity index (χ4v) is 9.15. The number of hydrogen-bond acceptors (Lipinski definition) is 2. The Kier molecular flexibility index (Phi) is 3.89. The smallest absolute Gasteiger partial charge is 0.00922 e. The molecule has 1 heterocycles. The van der Waals surface area contributed by atoms with Crippen molar-refractivity contribution in [3.63, 3.8) is 0 Å². The Labute approximate surface area is 155 Å². The lowest BCUT2D eigenvalue weighted by Gasteiger charge is -2.61. The van der Waals surface area contributed by atoms with E-state index >= 15 is 0 Å². The quantitative estimate of drug-likeness (QED) is 0.751. The molecule has 2 nitrogen and oxygen atoms in total. The predicted molar refractivity (Wildman–Crippen MR) is 104 cm³/mol. The van der Waals surface area contributed by atoms with E-state index in [1.54, 1.807) is 25.7 Å². The lowest BCUT2D eigenvalue weighted by molar-refractivity contribution is -0.117. The molecule has 0 bridgehead atoms. The van der Waals surface area contributed by atoms with Gasteiger partial charge in [-0.25, -0.2) is 0 Å². The zero-order valence-electron chi connectivity index (χ0n) is 17.1. The Morgan fingerprint density at radius 2 is 1.68 bits per heavy atom. The van der Waals surface area contributed by atoms with Gasteiger partial charge < -0.3 is 10.2 Å². The largest absolute Gasteiger partial charge is 0.313 e. The molecular weight excluding hydrogens is 304 g/mol. The van der Waals surface area contributed by atoms with Crippen LogP contribution in [0.1, 0.15) is 71.6 Å². The van der Waals surface area contributed by atoms with Gasteiger partial charge in [0, 0.05) is 18.6 Å². The maximum Gasteiger partial charge on any atom is 0.00922 e. The fourth-order valence-electron chi connectivity index (χ4n) is 9.15. The molecule has 5 rings (SSSR count). The summed E-state index contributed by atoms with van der Waals surface area (Å²) in [6.07, 6.45) is 13.7. The second kappa shape index (κ2) is 5.71. The van der Waals surface area contributed by atoms with E-state index in [2.05, 4.69) is 38.2 Å². The van der Waals surface area contributed by atoms with Gasteiger partial charge in [-0.1, -0.05) is 6.92 Å². The zero-order valence-corrected chi connectivity index (χ0v) is 17.1. The first kappa shape index (κ1) is 17.0. The van der Waals surface area contributed by atoms with Crippen molar-refractivity contribution in [3.8, 4) is 0 Å². The summed E-state index contributed by atoms with van der Waals surface area (Å²) in [6, 6.07) is 1.63. The minimum absolute atomic E-state index is 0.659. The van der Waals surface area contributed by atoms with E-state index in [1.165, 1.54) is 38.6 Å². The summed E-state index contributed by atoms with van der Waals surface area (Å²) in [5, 5.41) is 3.89. The van der Waals surface area contributed by atoms with Crippen LogP contribution < -0.4 is 5.32 Å². The van der Waals surface area contributed by atoms with E-state index in [-0.39, 0.29) is 0 Å². The molecule has 1 N–H and O–H groups in total. The normalized spacial score (nSPS) is 57.7. The third-order valence-corrected chi connectivity index (χ3v) is 10.5. The number of fused-ring (bicyclic) bond motifs is 4. The molecule has 5 aliphatic rings. The van der Waals surface area contributed by atoms with E-state index in [1.807, 2.05) is 0 Å². The molecule has 5 fully saturated rings. The van der Waals surface area contributed by atoms with Crippen LogP contribution in [0.4, 0.5) is 0 Å². The van der Waals surface area contributed by atoms with Gasteiger partial charge in [-0.15, -0.1) is 0 Å². The average Bonchev–Trinajstić information content (AvgIpc) is 3.11. The van der Waals surface area contributed by atoms with Gasteiger partial charge in [-0.2, -0.15) is 0 Å². The number of nitrogens with one attached hydrogen (secondary N) is 1. The van der Waals surface area contributed by atoms with E-state index in [4.69, 9.17) is 0 Å². The van der Waals surface area contributed by atoms with E-state index in [0.29, 0.717) is 10.8 Å². The van der Waals surface area contributed by atoms with Crippen molar-refractivity contribution in [2.45, 2.75) is 83.7 Å². The molecule has 1 aliphatic heterocycles. The topological polar surface area (TPSA) is 15.3 Å². The third kappa shape index (κ3) is 2.22. The van der Waals surface area contributed by atoms with Crippen molar-refractivity contribution in [3.05, 3.63) is 0 Å². The standard InChI is InChI=1S/C23H40N2/c1-15-19-7-8-21-18-6-5-16-13-17(25(3)4)9-11-22(16,2)20(18)10-12-23(19,21)14-24-15/h15-21,24H,5-14H2,1-4H3/t15-,16?,17-,18+,19+,20-,21-,22-,23-/m0/s1. The Morgan fingerprint density at radius 1 is 0.880 bits per heavy atom. The monoisotopic (exact) mass is 344 g/mol. The van der Waals surface area contributed by atoms with Crippen LogP contribution in [0, 0.1) is 40.4 Å². The minimum Gasteiger partial charge on any atom is -0.313 e. The van der Waals surface area contributed by atoms with Gasteiger partial charge in [0.05, 0.1) is 0 Å². The highest BCUT2D eigenvalue weighted by atomic mass is 15.1. The van der Waals surface area contributed by atoms with Crippen LogP contribution in [0.25, 0.3) is 0 Å². The molecule has 0 amide bonds. The fraction of sp³-hybridized carbons (Fsp3) is 1.00. The molecule has 0 radical (unpaired) electrons. The Balaban J connectivity index is 1.40. The molecular formula is C23H40N2. The highest BCUT2D eigenvalue weighted by molar-refractivity contribution is 5.14. The molecule has 4 aliphatic carbocycles. The molecule has 0 aromatic carbocycles. The van der Waals surface area contributed by atoms with Crippen LogP contribution in [-0.4, -0.2) is 37.6 Å². The molecule has 4 saturated carbocycles. The number of rotatable bonds is 1. The van der Waals surface area contributed by atoms with Crippen LogP contribution in [0.2, 0.25) is 0 Å². The van der Waals surface area contributed by atoms with Crippen molar-refractivity contribution < 1.29 is 0 Å². The third-order valence-electron chi connectivity index (χ3n) is 10.5. The van der Waals surface area contributed by atoms with Crippen LogP contribution in [-0.2, 0) is 0 Å². The van der Waals surface area contributed by atoms with E-state index < -0.39 is 0 Å². The summed E-state index contributed by atoms with van der Waals surface area (Å²) in [7, 11) is 4.60. The number of hydrogen-bond donors (Lipinski definition) is 1. The molecule has 9 atom stereocenters. The molecule has 1 spiro atoms. The predicted octanol–water partition coefficient (Wildman–Crippen LogP) is 4.55. The van der Waals surface area contributed by atoms with Crippen LogP contribution in [0.3, 0.4) is 0 Å². The van der Waals surface area contributed by atoms with Crippen molar-refractivity contribution in [2.24, 2.45) is 40.4 Å². The maximum atomic E-state index is 3.89. The number of nitrogens with zero attached hydrogens (tertiary/aromatic N) is 1. The van der Waals surface area contributed by atoms with Gasteiger partial charge in [0.15, 0.2) is 0 Å². The van der Waals surface area contributed by atoms with Crippen molar-refractivity contribution in [1.29, 1.82) is 0 Å². The first-order valence-corrected chi connectivity index (χ1v) is 11.4. The van der Waals surface area contributed by atoms with Gasteiger partial charge in [0.2, 0.25) is 0 Å². The van der Waals surface area contributed by atoms with Gasteiger partial charge in [0.25, 0.3) is 0 Å². The Hall–Kier alpha value is -0.0800. The minimum atomic E-state index is 0.659. The second-order valence-corrected chi connectivity index (χ2v) is 11.2. The molecule has 0 aromatic rings. The average molecular weight is 345 g/mol. The molecule has 2 heteroatoms. The van der Waals surface area contributed by atoms with Crippen LogP contribution in [0.5, 0.6) is 0 Å². The summed E-state index contributed by atoms with van der Waals surface area (Å²) in [5.41, 5.74) is 1.36. The summed E-state index contributed by atoms with van der Waals surface area (Å²) < 4.78 is 0. The van der Waals surface area contributed by atoms with Crippen LogP contribution in [0.15, 0.2) is 0 Å². The second-order valence-electron chi connectivity index (χ2n) is 11.2. The van der Waals surface area contributed by atoms with Crippen molar-refractivity contribution >= 4 is 0 Å². The summed E-state index contributed by atoms with van der Waals surface area (Å²) in [4.78, 5) is 2.51. The van der Waals surface area contributed by atoms with E-state index in [9.17, 15) is 0 Å². The summed E-state index contributed by atoms with van der Waals surface area (Å²) >= 11 is 0. The maximum absolute atomic E-state index is 3.89. The molecule has 1 unspecified atom stereocenters. The first-order chi connectivity index (χ1) is 12.0. The molecule has 142 valence electrons.